The van der Waals surface area contributed by atoms with Crippen molar-refractivity contribution in [1.82, 2.24) is 0 Å². The van der Waals surface area contributed by atoms with Crippen molar-refractivity contribution in [3.05, 3.63) is 64.2 Å². The van der Waals surface area contributed by atoms with E-state index in [0.29, 0.717) is 10.6 Å². The maximum Gasteiger partial charge on any atom is 0.144 e. The van der Waals surface area contributed by atoms with Crippen LogP contribution in [-0.4, -0.2) is 0 Å². The van der Waals surface area contributed by atoms with E-state index in [1.54, 1.807) is 12.1 Å². The van der Waals surface area contributed by atoms with Crippen molar-refractivity contribution >= 4 is 11.6 Å². The van der Waals surface area contributed by atoms with Crippen LogP contribution in [-0.2, 0) is 6.61 Å². The minimum atomic E-state index is -0.670. The summed E-state index contributed by atoms with van der Waals surface area (Å²) in [5, 5.41) is 8.88. The maximum atomic E-state index is 13.5. The van der Waals surface area contributed by atoms with E-state index < -0.39 is 11.6 Å². The molecular weight excluding hydrogens is 272 g/mol. The molecule has 0 fully saturated rings. The van der Waals surface area contributed by atoms with Gasteiger partial charge in [0.05, 0.1) is 5.56 Å². The smallest absolute Gasteiger partial charge is 0.144 e. The molecule has 0 amide bonds. The summed E-state index contributed by atoms with van der Waals surface area (Å²) < 4.78 is 32.0. The second kappa shape index (κ2) is 5.68. The van der Waals surface area contributed by atoms with E-state index in [1.165, 1.54) is 24.3 Å². The number of hydrogen-bond acceptors (Lipinski definition) is 2. The highest BCUT2D eigenvalue weighted by atomic mass is 35.5. The number of halogens is 3. The van der Waals surface area contributed by atoms with Crippen LogP contribution in [0.15, 0.2) is 36.4 Å². The first-order valence-electron chi connectivity index (χ1n) is 5.36. The molecule has 96 valence electrons. The van der Waals surface area contributed by atoms with Gasteiger partial charge in [0.1, 0.15) is 30.1 Å². The summed E-state index contributed by atoms with van der Waals surface area (Å²) in [6, 6.07) is 9.78. The zero-order chi connectivity index (χ0) is 13.8. The average Bonchev–Trinajstić information content (AvgIpc) is 2.38. The summed E-state index contributed by atoms with van der Waals surface area (Å²) in [7, 11) is 0. The molecule has 0 radical (unpaired) electrons. The summed E-state index contributed by atoms with van der Waals surface area (Å²) >= 11 is 5.63. The van der Waals surface area contributed by atoms with Crippen LogP contribution >= 0.6 is 11.6 Å². The molecule has 0 saturated carbocycles. The molecule has 2 nitrogen and oxygen atoms in total. The first-order valence-corrected chi connectivity index (χ1v) is 5.74. The Morgan fingerprint density at radius 1 is 1.11 bits per heavy atom. The maximum absolute atomic E-state index is 13.5. The third-order valence-electron chi connectivity index (χ3n) is 2.47. The van der Waals surface area contributed by atoms with Crippen LogP contribution in [0.25, 0.3) is 0 Å². The number of rotatable bonds is 3. The lowest BCUT2D eigenvalue weighted by atomic mass is 10.2. The van der Waals surface area contributed by atoms with Crippen molar-refractivity contribution < 1.29 is 13.5 Å². The number of ether oxygens (including phenoxy) is 1. The molecular formula is C14H8ClF2NO. The Morgan fingerprint density at radius 3 is 2.53 bits per heavy atom. The second-order valence-corrected chi connectivity index (χ2v) is 4.21. The van der Waals surface area contributed by atoms with Crippen LogP contribution < -0.4 is 4.74 Å². The van der Waals surface area contributed by atoms with Crippen molar-refractivity contribution in [1.29, 1.82) is 5.26 Å². The van der Waals surface area contributed by atoms with Crippen LogP contribution in [0.3, 0.4) is 0 Å². The molecule has 0 spiro atoms. The number of benzene rings is 2. The Kier molecular flexibility index (Phi) is 3.98. The number of nitriles is 1. The van der Waals surface area contributed by atoms with Gasteiger partial charge in [-0.15, -0.1) is 0 Å². The third-order valence-corrected chi connectivity index (χ3v) is 2.71. The highest BCUT2D eigenvalue weighted by Crippen LogP contribution is 2.19. The van der Waals surface area contributed by atoms with Gasteiger partial charge in [-0.3, -0.25) is 0 Å². The molecule has 0 aliphatic heterocycles. The summed E-state index contributed by atoms with van der Waals surface area (Å²) in [6.07, 6.45) is 0. The van der Waals surface area contributed by atoms with Crippen LogP contribution in [0.5, 0.6) is 5.75 Å². The van der Waals surface area contributed by atoms with Gasteiger partial charge in [0, 0.05) is 16.7 Å². The third kappa shape index (κ3) is 3.21. The minimum absolute atomic E-state index is 0.0473. The van der Waals surface area contributed by atoms with Gasteiger partial charge in [-0.25, -0.2) is 8.78 Å². The quantitative estimate of drug-likeness (QED) is 0.848. The first kappa shape index (κ1) is 13.3. The van der Waals surface area contributed by atoms with E-state index in [1.807, 2.05) is 0 Å². The molecule has 2 aromatic rings. The van der Waals surface area contributed by atoms with Gasteiger partial charge in [-0.1, -0.05) is 17.7 Å². The van der Waals surface area contributed by atoms with Gasteiger partial charge in [0.2, 0.25) is 0 Å². The number of hydrogen-bond donors (Lipinski definition) is 0. The van der Waals surface area contributed by atoms with Crippen LogP contribution in [0, 0.1) is 23.0 Å². The Bertz CT molecular complexity index is 652. The minimum Gasteiger partial charge on any atom is -0.489 e. The van der Waals surface area contributed by atoms with E-state index in [9.17, 15) is 8.78 Å². The van der Waals surface area contributed by atoms with Crippen molar-refractivity contribution in [2.45, 2.75) is 6.61 Å². The van der Waals surface area contributed by atoms with Gasteiger partial charge >= 0.3 is 0 Å². The molecule has 0 saturated heterocycles. The average molecular weight is 280 g/mol. The molecule has 5 heteroatoms. The predicted octanol–water partition coefficient (Wildman–Crippen LogP) is 4.07. The SMILES string of the molecule is N#Cc1ccc(OCc2ccc(Cl)cc2F)cc1F. The van der Waals surface area contributed by atoms with Gasteiger partial charge in [0.15, 0.2) is 0 Å². The van der Waals surface area contributed by atoms with Gasteiger partial charge in [0.25, 0.3) is 0 Å². The molecule has 2 aromatic carbocycles. The molecule has 0 aliphatic rings. The monoisotopic (exact) mass is 279 g/mol. The van der Waals surface area contributed by atoms with Crippen LogP contribution in [0.4, 0.5) is 8.78 Å². The topological polar surface area (TPSA) is 33.0 Å². The summed E-state index contributed by atoms with van der Waals surface area (Å²) in [5.74, 6) is -0.927. The van der Waals surface area contributed by atoms with E-state index in [-0.39, 0.29) is 17.9 Å². The normalized spacial score (nSPS) is 10.0. The Labute approximate surface area is 113 Å². The van der Waals surface area contributed by atoms with Crippen molar-refractivity contribution in [2.24, 2.45) is 0 Å². The largest absolute Gasteiger partial charge is 0.489 e. The van der Waals surface area contributed by atoms with Crippen molar-refractivity contribution in [3.8, 4) is 11.8 Å². The van der Waals surface area contributed by atoms with E-state index >= 15 is 0 Å². The summed E-state index contributed by atoms with van der Waals surface area (Å²) in [4.78, 5) is 0. The fourth-order valence-electron chi connectivity index (χ4n) is 1.48. The van der Waals surface area contributed by atoms with E-state index in [0.717, 1.165) is 6.07 Å². The fraction of sp³-hybridized carbons (Fsp3) is 0.0714. The Hall–Kier alpha value is -2.12. The van der Waals surface area contributed by atoms with E-state index in [2.05, 4.69) is 0 Å². The molecule has 0 N–H and O–H groups in total. The van der Waals surface area contributed by atoms with Gasteiger partial charge in [-0.05, 0) is 24.3 Å². The van der Waals surface area contributed by atoms with Gasteiger partial charge < -0.3 is 4.74 Å². The van der Waals surface area contributed by atoms with Crippen molar-refractivity contribution in [3.63, 3.8) is 0 Å². The number of nitrogens with zero attached hydrogens (tertiary/aromatic N) is 1. The first-order chi connectivity index (χ1) is 9.10. The molecule has 0 atom stereocenters. The molecule has 0 aromatic heterocycles. The second-order valence-electron chi connectivity index (χ2n) is 3.78. The van der Waals surface area contributed by atoms with Crippen LogP contribution in [0.1, 0.15) is 11.1 Å². The molecule has 19 heavy (non-hydrogen) atoms. The fourth-order valence-corrected chi connectivity index (χ4v) is 1.63. The lowest BCUT2D eigenvalue weighted by molar-refractivity contribution is 0.298. The lowest BCUT2D eigenvalue weighted by Gasteiger charge is -2.07. The summed E-state index contributed by atoms with van der Waals surface area (Å²) in [6.45, 7) is -0.0473. The lowest BCUT2D eigenvalue weighted by Crippen LogP contribution is -1.99. The highest BCUT2D eigenvalue weighted by molar-refractivity contribution is 6.30. The zero-order valence-corrected chi connectivity index (χ0v) is 10.4. The molecule has 0 heterocycles. The Morgan fingerprint density at radius 2 is 1.89 bits per heavy atom. The van der Waals surface area contributed by atoms with E-state index in [4.69, 9.17) is 21.6 Å². The standard InChI is InChI=1S/C14H8ClF2NO/c15-11-3-1-10(13(16)5-11)8-19-12-4-2-9(7-18)14(17)6-12/h1-6H,8H2. The molecule has 0 bridgehead atoms. The summed E-state index contributed by atoms with van der Waals surface area (Å²) in [5.41, 5.74) is 0.249. The van der Waals surface area contributed by atoms with Crippen LogP contribution in [0.2, 0.25) is 5.02 Å². The highest BCUT2D eigenvalue weighted by Gasteiger charge is 2.06. The van der Waals surface area contributed by atoms with Gasteiger partial charge in [-0.2, -0.15) is 5.26 Å². The zero-order valence-electron chi connectivity index (χ0n) is 9.66. The molecule has 0 unspecified atom stereocenters. The molecule has 2 rings (SSSR count). The predicted molar refractivity (Wildman–Crippen MR) is 66.9 cm³/mol. The Balaban J connectivity index is 2.10. The molecule has 0 aliphatic carbocycles. The van der Waals surface area contributed by atoms with Crippen molar-refractivity contribution in [2.75, 3.05) is 0 Å².